The van der Waals surface area contributed by atoms with Crippen LogP contribution in [0.25, 0.3) is 11.1 Å². The van der Waals surface area contributed by atoms with E-state index in [1.165, 1.54) is 0 Å². The number of amides is 3. The van der Waals surface area contributed by atoms with E-state index >= 15 is 0 Å². The number of rotatable bonds is 4. The zero-order valence-corrected chi connectivity index (χ0v) is 18.0. The number of carbonyl (C=O) groups excluding carboxylic acids is 3. The number of hydrogen-bond acceptors (Lipinski definition) is 5. The first-order valence-electron chi connectivity index (χ1n) is 10.6. The summed E-state index contributed by atoms with van der Waals surface area (Å²) in [6.45, 7) is 0. The molecule has 2 aliphatic heterocycles. The van der Waals surface area contributed by atoms with Gasteiger partial charge in [0.1, 0.15) is 11.6 Å². The van der Waals surface area contributed by atoms with Gasteiger partial charge < -0.3 is 10.1 Å². The average molecular weight is 439 g/mol. The van der Waals surface area contributed by atoms with Crippen molar-refractivity contribution in [3.8, 4) is 16.9 Å². The molecule has 0 spiro atoms. The third kappa shape index (κ3) is 3.78. The number of amidine groups is 1. The SMILES string of the molecule is COc1ccc(-c2ccccc2)c2c1CC(NC(=O)c1ccc(N3C(=O)CCC3=O)cc1)=N2. The number of nitrogens with zero attached hydrogens (tertiary/aromatic N) is 2. The Labute approximate surface area is 190 Å². The highest BCUT2D eigenvalue weighted by Gasteiger charge is 2.30. The summed E-state index contributed by atoms with van der Waals surface area (Å²) in [6, 6.07) is 20.3. The zero-order valence-electron chi connectivity index (χ0n) is 18.0. The summed E-state index contributed by atoms with van der Waals surface area (Å²) in [5.74, 6) is 0.497. The first-order chi connectivity index (χ1) is 16.0. The molecule has 2 heterocycles. The van der Waals surface area contributed by atoms with Gasteiger partial charge in [-0.2, -0.15) is 0 Å². The van der Waals surface area contributed by atoms with E-state index in [2.05, 4.69) is 5.32 Å². The fourth-order valence-corrected chi connectivity index (χ4v) is 4.20. The van der Waals surface area contributed by atoms with Gasteiger partial charge in [0, 0.05) is 36.0 Å². The molecule has 0 aromatic heterocycles. The Morgan fingerprint density at radius 3 is 2.30 bits per heavy atom. The van der Waals surface area contributed by atoms with Crippen molar-refractivity contribution in [3.05, 3.63) is 77.9 Å². The number of carbonyl (C=O) groups is 3. The average Bonchev–Trinajstić information content (AvgIpc) is 3.41. The Hall–Kier alpha value is -4.26. The van der Waals surface area contributed by atoms with E-state index in [0.29, 0.717) is 23.5 Å². The molecule has 0 atom stereocenters. The number of ether oxygens (including phenoxy) is 1. The van der Waals surface area contributed by atoms with Gasteiger partial charge >= 0.3 is 0 Å². The zero-order chi connectivity index (χ0) is 22.9. The van der Waals surface area contributed by atoms with Gasteiger partial charge in [0.25, 0.3) is 5.91 Å². The predicted molar refractivity (Wildman–Crippen MR) is 125 cm³/mol. The van der Waals surface area contributed by atoms with Crippen LogP contribution < -0.4 is 15.0 Å². The van der Waals surface area contributed by atoms with Crippen LogP contribution in [-0.2, 0) is 16.0 Å². The van der Waals surface area contributed by atoms with Crippen molar-refractivity contribution in [2.75, 3.05) is 12.0 Å². The molecule has 0 saturated carbocycles. The molecule has 2 aliphatic rings. The van der Waals surface area contributed by atoms with Gasteiger partial charge in [-0.3, -0.25) is 19.3 Å². The summed E-state index contributed by atoms with van der Waals surface area (Å²) in [5.41, 5.74) is 4.61. The molecular formula is C26H21N3O4. The highest BCUT2D eigenvalue weighted by atomic mass is 16.5. The molecule has 3 aromatic carbocycles. The van der Waals surface area contributed by atoms with Crippen LogP contribution in [0.1, 0.15) is 28.8 Å². The standard InChI is InChI=1S/C26H21N3O4/c1-33-21-12-11-19(16-5-3-2-4-6-16)25-20(21)15-22(27-25)28-26(32)17-7-9-18(10-8-17)29-23(30)13-14-24(29)31/h2-12H,13-15H2,1H3,(H,27,28,32). The van der Waals surface area contributed by atoms with Crippen LogP contribution in [0, 0.1) is 0 Å². The summed E-state index contributed by atoms with van der Waals surface area (Å²) < 4.78 is 5.52. The molecule has 164 valence electrons. The second-order valence-corrected chi connectivity index (χ2v) is 7.87. The summed E-state index contributed by atoms with van der Waals surface area (Å²) >= 11 is 0. The smallest absolute Gasteiger partial charge is 0.256 e. The molecule has 1 N–H and O–H groups in total. The van der Waals surface area contributed by atoms with Gasteiger partial charge in [0.15, 0.2) is 0 Å². The van der Waals surface area contributed by atoms with E-state index in [4.69, 9.17) is 9.73 Å². The molecule has 7 nitrogen and oxygen atoms in total. The lowest BCUT2D eigenvalue weighted by Gasteiger charge is -2.14. The summed E-state index contributed by atoms with van der Waals surface area (Å²) in [4.78, 5) is 42.6. The van der Waals surface area contributed by atoms with Gasteiger partial charge in [-0.05, 0) is 42.0 Å². The summed E-state index contributed by atoms with van der Waals surface area (Å²) in [6.07, 6.45) is 0.881. The molecule has 1 saturated heterocycles. The second-order valence-electron chi connectivity index (χ2n) is 7.87. The van der Waals surface area contributed by atoms with E-state index in [9.17, 15) is 14.4 Å². The largest absolute Gasteiger partial charge is 0.496 e. The topological polar surface area (TPSA) is 88.1 Å². The van der Waals surface area contributed by atoms with Gasteiger partial charge in [-0.25, -0.2) is 4.99 Å². The van der Waals surface area contributed by atoms with Crippen LogP contribution >= 0.6 is 0 Å². The first kappa shape index (κ1) is 20.6. The lowest BCUT2D eigenvalue weighted by atomic mass is 9.99. The molecule has 0 bridgehead atoms. The van der Waals surface area contributed by atoms with Crippen LogP contribution in [0.15, 0.2) is 71.7 Å². The van der Waals surface area contributed by atoms with Crippen LogP contribution in [-0.4, -0.2) is 30.7 Å². The Bertz CT molecular complexity index is 1280. The van der Waals surface area contributed by atoms with Crippen molar-refractivity contribution < 1.29 is 19.1 Å². The molecule has 7 heteroatoms. The Morgan fingerprint density at radius 2 is 1.64 bits per heavy atom. The first-order valence-corrected chi connectivity index (χ1v) is 10.6. The highest BCUT2D eigenvalue weighted by molar-refractivity contribution is 6.20. The van der Waals surface area contributed by atoms with Gasteiger partial charge in [0.05, 0.1) is 18.5 Å². The van der Waals surface area contributed by atoms with Crippen molar-refractivity contribution in [3.63, 3.8) is 0 Å². The minimum absolute atomic E-state index is 0.218. The van der Waals surface area contributed by atoms with Crippen LogP contribution in [0.3, 0.4) is 0 Å². The third-order valence-electron chi connectivity index (χ3n) is 5.83. The number of imide groups is 1. The molecule has 0 aliphatic carbocycles. The molecule has 0 unspecified atom stereocenters. The molecule has 0 radical (unpaired) electrons. The number of anilines is 1. The monoisotopic (exact) mass is 439 g/mol. The molecule has 5 rings (SSSR count). The highest BCUT2D eigenvalue weighted by Crippen LogP contribution is 2.42. The maximum atomic E-state index is 12.9. The number of benzene rings is 3. The number of aliphatic imine (C=N–C) groups is 1. The van der Waals surface area contributed by atoms with Crippen molar-refractivity contribution in [2.24, 2.45) is 4.99 Å². The number of nitrogens with one attached hydrogen (secondary N) is 1. The van der Waals surface area contributed by atoms with Crippen molar-refractivity contribution in [2.45, 2.75) is 19.3 Å². The lowest BCUT2D eigenvalue weighted by Crippen LogP contribution is -2.31. The number of fused-ring (bicyclic) bond motifs is 1. The van der Waals surface area contributed by atoms with Crippen molar-refractivity contribution in [1.29, 1.82) is 0 Å². The predicted octanol–water partition coefficient (Wildman–Crippen LogP) is 4.03. The summed E-state index contributed by atoms with van der Waals surface area (Å²) in [5, 5.41) is 2.89. The third-order valence-corrected chi connectivity index (χ3v) is 5.83. The number of methoxy groups -OCH3 is 1. The van der Waals surface area contributed by atoms with Crippen molar-refractivity contribution >= 4 is 34.9 Å². The maximum absolute atomic E-state index is 12.9. The fourth-order valence-electron chi connectivity index (χ4n) is 4.20. The normalized spacial score (nSPS) is 14.8. The summed E-state index contributed by atoms with van der Waals surface area (Å²) in [7, 11) is 1.62. The fraction of sp³-hybridized carbons (Fsp3) is 0.154. The molecule has 3 amide bonds. The van der Waals surface area contributed by atoms with Crippen molar-refractivity contribution in [1.82, 2.24) is 5.32 Å². The van der Waals surface area contributed by atoms with E-state index in [1.807, 2.05) is 42.5 Å². The van der Waals surface area contributed by atoms with Gasteiger partial charge in [-0.15, -0.1) is 0 Å². The molecule has 33 heavy (non-hydrogen) atoms. The van der Waals surface area contributed by atoms with Crippen LogP contribution in [0.5, 0.6) is 5.75 Å². The Morgan fingerprint density at radius 1 is 0.939 bits per heavy atom. The second kappa shape index (κ2) is 8.35. The molecule has 3 aromatic rings. The molecule has 1 fully saturated rings. The quantitative estimate of drug-likeness (QED) is 0.622. The van der Waals surface area contributed by atoms with Crippen LogP contribution in [0.4, 0.5) is 11.4 Å². The van der Waals surface area contributed by atoms with E-state index < -0.39 is 0 Å². The van der Waals surface area contributed by atoms with Crippen LogP contribution in [0.2, 0.25) is 0 Å². The number of hydrogen-bond donors (Lipinski definition) is 1. The van der Waals surface area contributed by atoms with Gasteiger partial charge in [-0.1, -0.05) is 30.3 Å². The van der Waals surface area contributed by atoms with E-state index in [1.54, 1.807) is 31.4 Å². The molecular weight excluding hydrogens is 418 g/mol. The van der Waals surface area contributed by atoms with E-state index in [0.717, 1.165) is 33.0 Å². The van der Waals surface area contributed by atoms with Gasteiger partial charge in [0.2, 0.25) is 11.8 Å². The Kier molecular flexibility index (Phi) is 5.22. The lowest BCUT2D eigenvalue weighted by molar-refractivity contribution is -0.121. The minimum Gasteiger partial charge on any atom is -0.496 e. The maximum Gasteiger partial charge on any atom is 0.256 e. The van der Waals surface area contributed by atoms with E-state index in [-0.39, 0.29) is 30.6 Å². The Balaban J connectivity index is 1.37. The minimum atomic E-state index is -0.313.